The predicted octanol–water partition coefficient (Wildman–Crippen LogP) is 2.54. The Morgan fingerprint density at radius 1 is 1.42 bits per heavy atom. The molecule has 1 nitrogen and oxygen atoms in total. The van der Waals surface area contributed by atoms with E-state index in [0.29, 0.717) is 4.32 Å². The zero-order valence-corrected chi connectivity index (χ0v) is 8.88. The number of thioether (sulfide) groups is 1. The quantitative estimate of drug-likeness (QED) is 0.348. The molecule has 0 aromatic heterocycles. The van der Waals surface area contributed by atoms with E-state index in [1.807, 2.05) is 18.2 Å². The van der Waals surface area contributed by atoms with Gasteiger partial charge in [-0.1, -0.05) is 30.4 Å². The third-order valence-electron chi connectivity index (χ3n) is 1.21. The van der Waals surface area contributed by atoms with Crippen molar-refractivity contribution in [3.05, 3.63) is 30.3 Å². The first-order chi connectivity index (χ1) is 5.79. The first-order valence-corrected chi connectivity index (χ1v) is 5.28. The number of hydrogen-bond donors (Lipinski definition) is 2. The predicted molar refractivity (Wildman–Crippen MR) is 61.9 cm³/mol. The lowest BCUT2D eigenvalue weighted by atomic mass is 10.4. The van der Waals surface area contributed by atoms with E-state index in [2.05, 4.69) is 30.1 Å². The van der Waals surface area contributed by atoms with Gasteiger partial charge in [0.15, 0.2) is 0 Å². The first-order valence-electron chi connectivity index (χ1n) is 3.43. The third kappa shape index (κ3) is 3.99. The van der Waals surface area contributed by atoms with Crippen molar-refractivity contribution in [3.63, 3.8) is 0 Å². The summed E-state index contributed by atoms with van der Waals surface area (Å²) >= 11 is 10.4. The standard InChI is InChI=1S/C8H9NS3/c10-8(11)9-6-12-7-4-2-1-3-5-7/h1-5H,6H2,(H2,9,10,11). The zero-order chi connectivity index (χ0) is 8.81. The summed E-state index contributed by atoms with van der Waals surface area (Å²) in [7, 11) is 0. The van der Waals surface area contributed by atoms with E-state index in [-0.39, 0.29) is 0 Å². The number of nitrogens with one attached hydrogen (secondary N) is 1. The van der Waals surface area contributed by atoms with Crippen LogP contribution in [-0.4, -0.2) is 10.2 Å². The summed E-state index contributed by atoms with van der Waals surface area (Å²) in [6, 6.07) is 10.2. The minimum atomic E-state index is 0.540. The SMILES string of the molecule is S=C(S)NCSc1ccccc1. The molecule has 1 aromatic carbocycles. The van der Waals surface area contributed by atoms with Gasteiger partial charge in [-0.05, 0) is 12.1 Å². The summed E-state index contributed by atoms with van der Waals surface area (Å²) in [5.41, 5.74) is 0. The molecule has 0 unspecified atom stereocenters. The van der Waals surface area contributed by atoms with Crippen molar-refractivity contribution in [3.8, 4) is 0 Å². The van der Waals surface area contributed by atoms with Gasteiger partial charge in [0.05, 0.1) is 5.88 Å². The molecular formula is C8H9NS3. The van der Waals surface area contributed by atoms with Crippen LogP contribution in [-0.2, 0) is 0 Å². The Morgan fingerprint density at radius 3 is 2.67 bits per heavy atom. The Bertz CT molecular complexity index is 248. The van der Waals surface area contributed by atoms with Crippen LogP contribution in [0.1, 0.15) is 0 Å². The van der Waals surface area contributed by atoms with Gasteiger partial charge in [0.25, 0.3) is 0 Å². The molecule has 1 N–H and O–H groups in total. The van der Waals surface area contributed by atoms with Gasteiger partial charge >= 0.3 is 0 Å². The van der Waals surface area contributed by atoms with Gasteiger partial charge < -0.3 is 5.32 Å². The van der Waals surface area contributed by atoms with E-state index < -0.39 is 0 Å². The largest absolute Gasteiger partial charge is 0.362 e. The van der Waals surface area contributed by atoms with Crippen LogP contribution >= 0.6 is 36.6 Å². The summed E-state index contributed by atoms with van der Waals surface area (Å²) in [6.07, 6.45) is 0. The topological polar surface area (TPSA) is 12.0 Å². The fraction of sp³-hybridized carbons (Fsp3) is 0.125. The molecule has 0 aliphatic heterocycles. The van der Waals surface area contributed by atoms with Crippen LogP contribution in [0.4, 0.5) is 0 Å². The molecular weight excluding hydrogens is 206 g/mol. The molecule has 4 heteroatoms. The Morgan fingerprint density at radius 2 is 2.08 bits per heavy atom. The summed E-state index contributed by atoms with van der Waals surface area (Å²) in [4.78, 5) is 1.23. The number of benzene rings is 1. The summed E-state index contributed by atoms with van der Waals surface area (Å²) in [5.74, 6) is 0.770. The molecule has 12 heavy (non-hydrogen) atoms. The highest BCUT2D eigenvalue weighted by Crippen LogP contribution is 2.14. The maximum absolute atomic E-state index is 4.75. The second-order valence-corrected chi connectivity index (χ2v) is 4.29. The minimum absolute atomic E-state index is 0.540. The van der Waals surface area contributed by atoms with E-state index in [9.17, 15) is 0 Å². The van der Waals surface area contributed by atoms with Crippen LogP contribution in [0.3, 0.4) is 0 Å². The Balaban J connectivity index is 2.29. The van der Waals surface area contributed by atoms with Crippen LogP contribution in [0.2, 0.25) is 0 Å². The van der Waals surface area contributed by atoms with E-state index in [4.69, 9.17) is 12.2 Å². The van der Waals surface area contributed by atoms with Gasteiger partial charge in [0.2, 0.25) is 0 Å². The second-order valence-electron chi connectivity index (χ2n) is 2.08. The molecule has 0 heterocycles. The van der Waals surface area contributed by atoms with Crippen LogP contribution < -0.4 is 5.32 Å². The van der Waals surface area contributed by atoms with Crippen LogP contribution in [0.15, 0.2) is 35.2 Å². The zero-order valence-electron chi connectivity index (χ0n) is 6.36. The smallest absolute Gasteiger partial charge is 0.131 e. The third-order valence-corrected chi connectivity index (χ3v) is 2.40. The molecule has 0 saturated carbocycles. The second kappa shape index (κ2) is 5.45. The molecule has 0 aliphatic carbocycles. The number of thiocarbonyl (C=S) groups is 1. The lowest BCUT2D eigenvalue weighted by molar-refractivity contribution is 1.17. The molecule has 64 valence electrons. The highest BCUT2D eigenvalue weighted by Gasteiger charge is 1.91. The fourth-order valence-electron chi connectivity index (χ4n) is 0.698. The van der Waals surface area contributed by atoms with E-state index in [0.717, 1.165) is 5.88 Å². The summed E-state index contributed by atoms with van der Waals surface area (Å²) in [6.45, 7) is 0. The van der Waals surface area contributed by atoms with E-state index in [1.165, 1.54) is 4.90 Å². The molecule has 0 aliphatic rings. The van der Waals surface area contributed by atoms with Crippen molar-refractivity contribution in [2.75, 3.05) is 5.88 Å². The molecule has 0 amide bonds. The Hall–Kier alpha value is -0.190. The van der Waals surface area contributed by atoms with Gasteiger partial charge in [0.1, 0.15) is 4.32 Å². The van der Waals surface area contributed by atoms with Crippen molar-refractivity contribution in [2.24, 2.45) is 0 Å². The van der Waals surface area contributed by atoms with Crippen LogP contribution in [0.25, 0.3) is 0 Å². The highest BCUT2D eigenvalue weighted by atomic mass is 32.2. The van der Waals surface area contributed by atoms with Gasteiger partial charge in [-0.3, -0.25) is 0 Å². The Labute approximate surface area is 87.3 Å². The van der Waals surface area contributed by atoms with Gasteiger partial charge in [-0.15, -0.1) is 24.4 Å². The number of thiol groups is 1. The fourth-order valence-corrected chi connectivity index (χ4v) is 1.78. The Kier molecular flexibility index (Phi) is 4.50. The number of rotatable bonds is 3. The van der Waals surface area contributed by atoms with E-state index >= 15 is 0 Å². The maximum Gasteiger partial charge on any atom is 0.131 e. The normalized spacial score (nSPS) is 9.42. The molecule has 0 atom stereocenters. The molecule has 0 spiro atoms. The summed E-state index contributed by atoms with van der Waals surface area (Å²) < 4.78 is 0.540. The maximum atomic E-state index is 4.75. The van der Waals surface area contributed by atoms with Crippen molar-refractivity contribution in [1.82, 2.24) is 5.32 Å². The average molecular weight is 215 g/mol. The number of hydrogen-bond acceptors (Lipinski definition) is 2. The highest BCUT2D eigenvalue weighted by molar-refractivity contribution is 8.11. The average Bonchev–Trinajstić information content (AvgIpc) is 2.05. The molecule has 1 aromatic rings. The molecule has 0 radical (unpaired) electrons. The van der Waals surface area contributed by atoms with Gasteiger partial charge in [-0.2, -0.15) is 0 Å². The molecule has 0 bridgehead atoms. The monoisotopic (exact) mass is 215 g/mol. The van der Waals surface area contributed by atoms with Crippen molar-refractivity contribution in [2.45, 2.75) is 4.90 Å². The van der Waals surface area contributed by atoms with E-state index in [1.54, 1.807) is 11.8 Å². The lowest BCUT2D eigenvalue weighted by Crippen LogP contribution is -2.14. The van der Waals surface area contributed by atoms with Crippen LogP contribution in [0.5, 0.6) is 0 Å². The first kappa shape index (κ1) is 9.89. The minimum Gasteiger partial charge on any atom is -0.362 e. The van der Waals surface area contributed by atoms with Crippen molar-refractivity contribution >= 4 is 40.9 Å². The molecule has 0 saturated heterocycles. The van der Waals surface area contributed by atoms with Gasteiger partial charge in [0, 0.05) is 4.90 Å². The van der Waals surface area contributed by atoms with Gasteiger partial charge in [-0.25, -0.2) is 0 Å². The molecule has 0 fully saturated rings. The van der Waals surface area contributed by atoms with Crippen LogP contribution in [0, 0.1) is 0 Å². The summed E-state index contributed by atoms with van der Waals surface area (Å²) in [5, 5.41) is 2.95. The van der Waals surface area contributed by atoms with Crippen molar-refractivity contribution < 1.29 is 0 Å². The molecule has 1 rings (SSSR count). The van der Waals surface area contributed by atoms with Crippen molar-refractivity contribution in [1.29, 1.82) is 0 Å². The lowest BCUT2D eigenvalue weighted by Gasteiger charge is -2.01.